The third-order valence-electron chi connectivity index (χ3n) is 7.27. The SMILES string of the molecule is Cc1c(C(=O)Nc2ccc([C@H]3CC[C@@H](N4CCOCC4)CC3)nc2)cnn1-c1ccc(C(F)(F)F)cn1. The van der Waals surface area contributed by atoms with Gasteiger partial charge < -0.3 is 10.1 Å². The van der Waals surface area contributed by atoms with Gasteiger partial charge in [0.05, 0.1) is 48.1 Å². The van der Waals surface area contributed by atoms with E-state index < -0.39 is 11.7 Å². The number of aromatic nitrogens is 4. The third-order valence-corrected chi connectivity index (χ3v) is 7.27. The number of carbonyl (C=O) groups excluding carboxylic acids is 1. The molecule has 1 saturated heterocycles. The van der Waals surface area contributed by atoms with E-state index >= 15 is 0 Å². The first-order valence-corrected chi connectivity index (χ1v) is 12.5. The van der Waals surface area contributed by atoms with Gasteiger partial charge in [-0.15, -0.1) is 0 Å². The summed E-state index contributed by atoms with van der Waals surface area (Å²) in [4.78, 5) is 23.9. The minimum Gasteiger partial charge on any atom is -0.379 e. The molecule has 3 aromatic rings. The summed E-state index contributed by atoms with van der Waals surface area (Å²) in [5.74, 6) is 0.230. The first kappa shape index (κ1) is 25.3. The number of halogens is 3. The highest BCUT2D eigenvalue weighted by atomic mass is 19.4. The number of nitrogens with zero attached hydrogens (tertiary/aromatic N) is 5. The van der Waals surface area contributed by atoms with Gasteiger partial charge in [-0.25, -0.2) is 9.67 Å². The molecule has 0 atom stereocenters. The summed E-state index contributed by atoms with van der Waals surface area (Å²) in [7, 11) is 0. The maximum atomic E-state index is 12.9. The van der Waals surface area contributed by atoms with Crippen molar-refractivity contribution >= 4 is 11.6 Å². The molecule has 0 unspecified atom stereocenters. The Hall–Kier alpha value is -3.31. The molecule has 1 aliphatic carbocycles. The first-order valence-electron chi connectivity index (χ1n) is 12.5. The van der Waals surface area contributed by atoms with Crippen molar-refractivity contribution in [3.8, 4) is 5.82 Å². The number of rotatable bonds is 5. The van der Waals surface area contributed by atoms with E-state index in [0.29, 0.717) is 28.9 Å². The molecule has 2 aliphatic rings. The van der Waals surface area contributed by atoms with Crippen molar-refractivity contribution in [2.24, 2.45) is 0 Å². The highest BCUT2D eigenvalue weighted by molar-refractivity contribution is 6.04. The van der Waals surface area contributed by atoms with Crippen LogP contribution in [0.5, 0.6) is 0 Å². The summed E-state index contributed by atoms with van der Waals surface area (Å²) in [5, 5.41) is 6.97. The monoisotopic (exact) mass is 514 g/mol. The Morgan fingerprint density at radius 2 is 1.76 bits per heavy atom. The fraction of sp³-hybridized carbons (Fsp3) is 0.462. The number of hydrogen-bond donors (Lipinski definition) is 1. The minimum atomic E-state index is -4.47. The second-order valence-corrected chi connectivity index (χ2v) is 9.54. The molecule has 2 fully saturated rings. The van der Waals surface area contributed by atoms with E-state index in [0.717, 1.165) is 69.9 Å². The molecule has 11 heteroatoms. The molecule has 5 rings (SSSR count). The molecule has 0 aromatic carbocycles. The number of alkyl halides is 3. The average Bonchev–Trinajstić information content (AvgIpc) is 3.30. The number of amides is 1. The average molecular weight is 515 g/mol. The fourth-order valence-electron chi connectivity index (χ4n) is 5.14. The van der Waals surface area contributed by atoms with Gasteiger partial charge in [-0.2, -0.15) is 18.3 Å². The van der Waals surface area contributed by atoms with Gasteiger partial charge in [0.1, 0.15) is 0 Å². The van der Waals surface area contributed by atoms with Crippen LogP contribution < -0.4 is 5.32 Å². The Bertz CT molecular complexity index is 1210. The van der Waals surface area contributed by atoms with Crippen LogP contribution in [0, 0.1) is 6.92 Å². The summed E-state index contributed by atoms with van der Waals surface area (Å²) in [6.45, 7) is 5.33. The minimum absolute atomic E-state index is 0.193. The van der Waals surface area contributed by atoms with Gasteiger partial charge in [0.2, 0.25) is 0 Å². The van der Waals surface area contributed by atoms with E-state index in [9.17, 15) is 18.0 Å². The van der Waals surface area contributed by atoms with Crippen LogP contribution in [-0.4, -0.2) is 62.9 Å². The van der Waals surface area contributed by atoms with Crippen LogP contribution in [0.3, 0.4) is 0 Å². The molecule has 1 saturated carbocycles. The second-order valence-electron chi connectivity index (χ2n) is 9.54. The standard InChI is InChI=1S/C26H29F3N6O2/c1-17-22(16-32-35(17)24-9-4-19(14-31-24)26(27,28)29)25(36)33-20-5-8-23(30-15-20)18-2-6-21(7-3-18)34-10-12-37-13-11-34/h4-5,8-9,14-16,18,21H,2-3,6-7,10-13H2,1H3,(H,33,36)/t18-,21+. The molecule has 4 heterocycles. The Morgan fingerprint density at radius 3 is 2.38 bits per heavy atom. The highest BCUT2D eigenvalue weighted by Crippen LogP contribution is 2.34. The molecular weight excluding hydrogens is 485 g/mol. The molecule has 0 spiro atoms. The van der Waals surface area contributed by atoms with E-state index in [1.54, 1.807) is 13.1 Å². The molecule has 1 amide bonds. The van der Waals surface area contributed by atoms with Crippen molar-refractivity contribution in [3.05, 3.63) is 65.4 Å². The van der Waals surface area contributed by atoms with Crippen LogP contribution in [-0.2, 0) is 10.9 Å². The molecule has 0 radical (unpaired) electrons. The van der Waals surface area contributed by atoms with E-state index in [1.807, 2.05) is 12.1 Å². The predicted molar refractivity (Wildman–Crippen MR) is 131 cm³/mol. The van der Waals surface area contributed by atoms with Crippen LogP contribution >= 0.6 is 0 Å². The van der Waals surface area contributed by atoms with E-state index in [2.05, 4.69) is 25.3 Å². The third kappa shape index (κ3) is 5.67. The van der Waals surface area contributed by atoms with Crippen molar-refractivity contribution in [1.29, 1.82) is 0 Å². The topological polar surface area (TPSA) is 85.2 Å². The van der Waals surface area contributed by atoms with Gasteiger partial charge in [0.25, 0.3) is 5.91 Å². The van der Waals surface area contributed by atoms with Gasteiger partial charge in [0, 0.05) is 36.9 Å². The number of morpholine rings is 1. The lowest BCUT2D eigenvalue weighted by molar-refractivity contribution is -0.137. The zero-order valence-electron chi connectivity index (χ0n) is 20.5. The number of nitrogens with one attached hydrogen (secondary N) is 1. The van der Waals surface area contributed by atoms with Crippen molar-refractivity contribution in [1.82, 2.24) is 24.6 Å². The van der Waals surface area contributed by atoms with Crippen LogP contribution in [0.2, 0.25) is 0 Å². The largest absolute Gasteiger partial charge is 0.417 e. The number of carbonyl (C=O) groups is 1. The molecule has 1 N–H and O–H groups in total. The zero-order chi connectivity index (χ0) is 26.0. The number of ether oxygens (including phenoxy) is 1. The van der Waals surface area contributed by atoms with Gasteiger partial charge in [0.15, 0.2) is 5.82 Å². The van der Waals surface area contributed by atoms with Crippen LogP contribution in [0.15, 0.2) is 42.9 Å². The summed E-state index contributed by atoms with van der Waals surface area (Å²) < 4.78 is 45.2. The lowest BCUT2D eigenvalue weighted by Gasteiger charge is -2.38. The quantitative estimate of drug-likeness (QED) is 0.536. The van der Waals surface area contributed by atoms with Crippen molar-refractivity contribution in [2.75, 3.05) is 31.6 Å². The van der Waals surface area contributed by atoms with E-state index in [-0.39, 0.29) is 11.7 Å². The summed E-state index contributed by atoms with van der Waals surface area (Å²) >= 11 is 0. The predicted octanol–water partition coefficient (Wildman–Crippen LogP) is 4.60. The molecule has 1 aliphatic heterocycles. The first-order chi connectivity index (χ1) is 17.8. The van der Waals surface area contributed by atoms with E-state index in [1.165, 1.54) is 16.9 Å². The van der Waals surface area contributed by atoms with Gasteiger partial charge in [-0.3, -0.25) is 14.7 Å². The molecular formula is C26H29F3N6O2. The zero-order valence-corrected chi connectivity index (χ0v) is 20.5. The number of hydrogen-bond acceptors (Lipinski definition) is 6. The Morgan fingerprint density at radius 1 is 1.00 bits per heavy atom. The van der Waals surface area contributed by atoms with Crippen molar-refractivity contribution in [2.45, 2.75) is 50.7 Å². The lowest BCUT2D eigenvalue weighted by Crippen LogP contribution is -2.44. The van der Waals surface area contributed by atoms with Gasteiger partial charge in [-0.1, -0.05) is 0 Å². The van der Waals surface area contributed by atoms with Crippen LogP contribution in [0.25, 0.3) is 5.82 Å². The molecule has 37 heavy (non-hydrogen) atoms. The molecule has 196 valence electrons. The van der Waals surface area contributed by atoms with Crippen LogP contribution in [0.4, 0.5) is 18.9 Å². The maximum Gasteiger partial charge on any atom is 0.417 e. The summed E-state index contributed by atoms with van der Waals surface area (Å²) in [6, 6.07) is 6.61. The van der Waals surface area contributed by atoms with Crippen molar-refractivity contribution in [3.63, 3.8) is 0 Å². The lowest BCUT2D eigenvalue weighted by atomic mass is 9.83. The molecule has 8 nitrogen and oxygen atoms in total. The maximum absolute atomic E-state index is 12.9. The Balaban J connectivity index is 1.19. The van der Waals surface area contributed by atoms with Gasteiger partial charge >= 0.3 is 6.18 Å². The van der Waals surface area contributed by atoms with Crippen LogP contribution in [0.1, 0.15) is 58.9 Å². The fourth-order valence-corrected chi connectivity index (χ4v) is 5.14. The Kier molecular flexibility index (Phi) is 7.25. The Labute approximate surface area is 212 Å². The smallest absolute Gasteiger partial charge is 0.379 e. The molecule has 3 aromatic heterocycles. The summed E-state index contributed by atoms with van der Waals surface area (Å²) in [5.41, 5.74) is 1.52. The van der Waals surface area contributed by atoms with Crippen molar-refractivity contribution < 1.29 is 22.7 Å². The molecule has 0 bridgehead atoms. The summed E-state index contributed by atoms with van der Waals surface area (Å²) in [6.07, 6.45) is 3.81. The number of anilines is 1. The number of pyridine rings is 2. The van der Waals surface area contributed by atoms with Gasteiger partial charge in [-0.05, 0) is 56.9 Å². The normalized spacial score (nSPS) is 21.1. The highest BCUT2D eigenvalue weighted by Gasteiger charge is 2.31. The van der Waals surface area contributed by atoms with E-state index in [4.69, 9.17) is 4.74 Å². The second kappa shape index (κ2) is 10.6.